The van der Waals surface area contributed by atoms with Gasteiger partial charge in [0.15, 0.2) is 5.82 Å². The maximum atomic E-state index is 15.2. The molecule has 0 spiro atoms. The molecule has 1 fully saturated rings. The first-order valence-corrected chi connectivity index (χ1v) is 13.4. The fourth-order valence-electron chi connectivity index (χ4n) is 5.67. The number of phenols is 1. The summed E-state index contributed by atoms with van der Waals surface area (Å²) in [5, 5.41) is 30.1. The number of tetrazole rings is 1. The molecule has 0 radical (unpaired) electrons. The number of nitrogens with zero attached hydrogens (tertiary/aromatic N) is 4. The number of benzene rings is 2. The van der Waals surface area contributed by atoms with Crippen molar-refractivity contribution < 1.29 is 27.1 Å². The highest BCUT2D eigenvalue weighted by Crippen LogP contribution is 2.49. The summed E-state index contributed by atoms with van der Waals surface area (Å²) in [6.45, 7) is 4.89. The van der Waals surface area contributed by atoms with Gasteiger partial charge < -0.3 is 10.4 Å². The number of aromatic hydroxyl groups is 1. The van der Waals surface area contributed by atoms with Crippen molar-refractivity contribution >= 4 is 5.69 Å². The van der Waals surface area contributed by atoms with E-state index in [1.165, 1.54) is 19.1 Å². The van der Waals surface area contributed by atoms with Gasteiger partial charge in [0.05, 0.1) is 16.9 Å². The minimum absolute atomic E-state index is 0.0628. The van der Waals surface area contributed by atoms with E-state index in [2.05, 4.69) is 31.0 Å². The number of rotatable bonds is 7. The number of aromatic nitrogens is 6. The van der Waals surface area contributed by atoms with Crippen molar-refractivity contribution in [1.82, 2.24) is 30.4 Å². The number of nitrogens with one attached hydrogen (secondary N) is 3. The number of H-pyrrole nitrogens is 2. The fourth-order valence-corrected chi connectivity index (χ4v) is 5.67. The summed E-state index contributed by atoms with van der Waals surface area (Å²) >= 11 is 0. The molecule has 9 nitrogen and oxygen atoms in total. The largest absolute Gasteiger partial charge is 0.505 e. The number of phenolic OH excluding ortho intramolecular Hbond substituents is 1. The maximum Gasteiger partial charge on any atom is 0.455 e. The Balaban J connectivity index is 1.55. The second-order valence-electron chi connectivity index (χ2n) is 10.8. The number of halogens is 5. The van der Waals surface area contributed by atoms with Crippen LogP contribution in [-0.2, 0) is 0 Å². The molecule has 224 valence electrons. The van der Waals surface area contributed by atoms with Gasteiger partial charge in [-0.25, -0.2) is 4.68 Å². The van der Waals surface area contributed by atoms with Crippen LogP contribution in [0.25, 0.3) is 5.69 Å². The topological polar surface area (TPSA) is 125 Å². The van der Waals surface area contributed by atoms with Gasteiger partial charge in [-0.3, -0.25) is 9.89 Å². The molecule has 3 atom stereocenters. The molecule has 14 heteroatoms. The summed E-state index contributed by atoms with van der Waals surface area (Å²) in [5.41, 5.74) is -0.0000440. The number of anilines is 1. The Morgan fingerprint density at radius 3 is 2.45 bits per heavy atom. The molecule has 42 heavy (non-hydrogen) atoms. The third-order valence-electron chi connectivity index (χ3n) is 8.10. The Morgan fingerprint density at radius 1 is 1.05 bits per heavy atom. The van der Waals surface area contributed by atoms with Crippen LogP contribution in [0, 0.1) is 20.8 Å². The maximum absolute atomic E-state index is 15.2. The van der Waals surface area contributed by atoms with Gasteiger partial charge in [-0.2, -0.15) is 27.2 Å². The summed E-state index contributed by atoms with van der Waals surface area (Å²) in [4.78, 5) is 13.4. The molecule has 0 amide bonds. The lowest BCUT2D eigenvalue weighted by atomic mass is 9.77. The Kier molecular flexibility index (Phi) is 7.58. The lowest BCUT2D eigenvalue weighted by molar-refractivity contribution is -0.288. The van der Waals surface area contributed by atoms with Crippen molar-refractivity contribution in [3.8, 4) is 11.4 Å². The first kappa shape index (κ1) is 29.3. The monoisotopic (exact) mass is 591 g/mol. The average Bonchev–Trinajstić information content (AvgIpc) is 3.57. The Labute approximate surface area is 237 Å². The molecule has 0 saturated heterocycles. The van der Waals surface area contributed by atoms with Crippen LogP contribution in [0.4, 0.5) is 27.6 Å². The zero-order valence-electron chi connectivity index (χ0n) is 23.1. The smallest absolute Gasteiger partial charge is 0.455 e. The van der Waals surface area contributed by atoms with Crippen LogP contribution in [0.15, 0.2) is 41.2 Å². The molecular weight excluding hydrogens is 561 g/mol. The molecule has 2 aromatic heterocycles. The van der Waals surface area contributed by atoms with Gasteiger partial charge in [0.25, 0.3) is 5.56 Å². The normalized spacial score (nSPS) is 18.7. The van der Waals surface area contributed by atoms with Gasteiger partial charge in [-0.05, 0) is 80.8 Å². The Morgan fingerprint density at radius 2 is 1.79 bits per heavy atom. The SMILES string of the molecule is Cc1ccc(-n2[nH]c(C)c(C(Nc3cccc(C4CCCC(c5nn[nH]n5)C4)c3O)C(F)(F)C(F)(F)F)c2=O)cc1C. The number of para-hydroxylation sites is 1. The highest BCUT2D eigenvalue weighted by Gasteiger charge is 2.64. The van der Waals surface area contributed by atoms with Crippen molar-refractivity contribution in [2.24, 2.45) is 0 Å². The van der Waals surface area contributed by atoms with Crippen LogP contribution in [0.1, 0.15) is 77.3 Å². The number of alkyl halides is 5. The molecule has 1 aliphatic rings. The predicted molar refractivity (Wildman–Crippen MR) is 144 cm³/mol. The summed E-state index contributed by atoms with van der Waals surface area (Å²) in [6, 6.07) is 6.35. The molecule has 2 heterocycles. The van der Waals surface area contributed by atoms with E-state index < -0.39 is 35.0 Å². The minimum Gasteiger partial charge on any atom is -0.505 e. The van der Waals surface area contributed by atoms with E-state index in [0.717, 1.165) is 28.7 Å². The third kappa shape index (κ3) is 5.25. The molecule has 2 aromatic carbocycles. The summed E-state index contributed by atoms with van der Waals surface area (Å²) < 4.78 is 72.8. The van der Waals surface area contributed by atoms with E-state index in [4.69, 9.17) is 0 Å². The standard InChI is InChI=1S/C28H30F5N7O2/c1-14-10-11-19(12-15(14)2)40-26(42)22(16(3)37-40)24(27(29,30)28(31,32)33)34-21-9-5-8-20(23(21)41)17-6-4-7-18(13-17)25-35-38-39-36-25/h5,8-12,17-18,24,34,37,41H,4,6-7,13H2,1-3H3,(H,35,36,38,39). The van der Waals surface area contributed by atoms with E-state index in [1.807, 2.05) is 6.92 Å². The number of hydrogen-bond acceptors (Lipinski definition) is 6. The molecule has 4 N–H and O–H groups in total. The molecule has 1 aliphatic carbocycles. The Hall–Kier alpha value is -4.23. The predicted octanol–water partition coefficient (Wildman–Crippen LogP) is 6.10. The molecule has 3 unspecified atom stereocenters. The molecule has 5 rings (SSSR count). The summed E-state index contributed by atoms with van der Waals surface area (Å²) in [7, 11) is 0. The van der Waals surface area contributed by atoms with E-state index in [0.29, 0.717) is 24.2 Å². The van der Waals surface area contributed by atoms with Crippen LogP contribution < -0.4 is 10.9 Å². The van der Waals surface area contributed by atoms with Gasteiger partial charge in [0.1, 0.15) is 11.8 Å². The van der Waals surface area contributed by atoms with Gasteiger partial charge >= 0.3 is 12.1 Å². The second-order valence-corrected chi connectivity index (χ2v) is 10.8. The molecular formula is C28H30F5N7O2. The number of aryl methyl sites for hydroxylation is 3. The molecule has 1 saturated carbocycles. The third-order valence-corrected chi connectivity index (χ3v) is 8.10. The molecule has 4 aromatic rings. The van der Waals surface area contributed by atoms with Gasteiger partial charge in [-0.1, -0.05) is 29.8 Å². The van der Waals surface area contributed by atoms with E-state index >= 15 is 8.78 Å². The van der Waals surface area contributed by atoms with Crippen LogP contribution in [0.3, 0.4) is 0 Å². The zero-order valence-corrected chi connectivity index (χ0v) is 23.1. The lowest BCUT2D eigenvalue weighted by Crippen LogP contribution is -2.47. The number of aromatic amines is 2. The Bertz CT molecular complexity index is 1630. The van der Waals surface area contributed by atoms with E-state index in [-0.39, 0.29) is 28.9 Å². The van der Waals surface area contributed by atoms with Gasteiger partial charge in [-0.15, -0.1) is 10.2 Å². The zero-order chi connectivity index (χ0) is 30.4. The minimum atomic E-state index is -6.00. The van der Waals surface area contributed by atoms with Crippen molar-refractivity contribution in [1.29, 1.82) is 0 Å². The number of hydrogen-bond donors (Lipinski definition) is 4. The van der Waals surface area contributed by atoms with E-state index in [9.17, 15) is 23.1 Å². The van der Waals surface area contributed by atoms with Crippen molar-refractivity contribution in [3.63, 3.8) is 0 Å². The van der Waals surface area contributed by atoms with Crippen molar-refractivity contribution in [2.45, 2.75) is 76.4 Å². The average molecular weight is 592 g/mol. The first-order valence-electron chi connectivity index (χ1n) is 13.4. The van der Waals surface area contributed by atoms with Gasteiger partial charge in [0.2, 0.25) is 0 Å². The molecule has 0 aliphatic heterocycles. The molecule has 0 bridgehead atoms. The first-order chi connectivity index (χ1) is 19.8. The lowest BCUT2D eigenvalue weighted by Gasteiger charge is -2.31. The van der Waals surface area contributed by atoms with E-state index in [1.54, 1.807) is 31.2 Å². The van der Waals surface area contributed by atoms with Crippen LogP contribution >= 0.6 is 0 Å². The summed E-state index contributed by atoms with van der Waals surface area (Å²) in [6.07, 6.45) is -3.27. The fraction of sp³-hybridized carbons (Fsp3) is 0.429. The second kappa shape index (κ2) is 10.9. The highest BCUT2D eigenvalue weighted by atomic mass is 19.4. The van der Waals surface area contributed by atoms with Crippen molar-refractivity contribution in [2.75, 3.05) is 5.32 Å². The van der Waals surface area contributed by atoms with Crippen LogP contribution in [0.5, 0.6) is 5.75 Å². The van der Waals surface area contributed by atoms with Crippen molar-refractivity contribution in [3.05, 3.63) is 80.5 Å². The van der Waals surface area contributed by atoms with Gasteiger partial charge in [0, 0.05) is 11.6 Å². The highest BCUT2D eigenvalue weighted by molar-refractivity contribution is 5.62. The van der Waals surface area contributed by atoms with Crippen LogP contribution in [0.2, 0.25) is 0 Å². The quantitative estimate of drug-likeness (QED) is 0.152. The summed E-state index contributed by atoms with van der Waals surface area (Å²) in [5.74, 6) is -5.62. The van der Waals surface area contributed by atoms with Crippen LogP contribution in [-0.4, -0.2) is 47.6 Å².